The molecule has 0 spiro atoms. The molecule has 1 aliphatic heterocycles. The highest BCUT2D eigenvalue weighted by Crippen LogP contribution is 2.40. The molecule has 1 saturated carbocycles. The van der Waals surface area contributed by atoms with E-state index in [1.165, 1.54) is 36.8 Å². The predicted molar refractivity (Wildman–Crippen MR) is 125 cm³/mol. The van der Waals surface area contributed by atoms with Crippen molar-refractivity contribution in [1.82, 2.24) is 10.6 Å². The van der Waals surface area contributed by atoms with Gasteiger partial charge in [0.25, 0.3) is 0 Å². The van der Waals surface area contributed by atoms with Gasteiger partial charge in [0.2, 0.25) is 0 Å². The summed E-state index contributed by atoms with van der Waals surface area (Å²) in [7, 11) is 1.84. The number of ether oxygens (including phenoxy) is 3. The van der Waals surface area contributed by atoms with E-state index in [1.54, 1.807) is 0 Å². The molecule has 0 radical (unpaired) electrons. The number of nitrogens with zero attached hydrogens (tertiary/aromatic N) is 1. The summed E-state index contributed by atoms with van der Waals surface area (Å²) in [4.78, 5) is 4.44. The lowest BCUT2D eigenvalue weighted by Crippen LogP contribution is -2.43. The fourth-order valence-corrected chi connectivity index (χ4v) is 4.64. The van der Waals surface area contributed by atoms with E-state index >= 15 is 0 Å². The van der Waals surface area contributed by atoms with E-state index < -0.39 is 0 Å². The fraction of sp³-hybridized carbons (Fsp3) is 0.720. The highest BCUT2D eigenvalue weighted by atomic mass is 16.5. The highest BCUT2D eigenvalue weighted by molar-refractivity contribution is 5.79. The minimum atomic E-state index is 0.323. The first-order valence-electron chi connectivity index (χ1n) is 12.0. The Morgan fingerprint density at radius 1 is 1.16 bits per heavy atom. The average molecular weight is 432 g/mol. The number of aliphatic imine (C=N–C) groups is 1. The van der Waals surface area contributed by atoms with Gasteiger partial charge in [-0.3, -0.25) is 4.99 Å². The SMILES string of the molecule is CCOCCC1(CNC(=NC)NCc2cccc(COC3CCOCC3)c2)CCCC1. The number of rotatable bonds is 11. The Morgan fingerprint density at radius 2 is 1.94 bits per heavy atom. The summed E-state index contributed by atoms with van der Waals surface area (Å²) in [6.07, 6.45) is 8.64. The van der Waals surface area contributed by atoms with Gasteiger partial charge in [0.15, 0.2) is 5.96 Å². The maximum Gasteiger partial charge on any atom is 0.191 e. The van der Waals surface area contributed by atoms with Crippen molar-refractivity contribution in [2.45, 2.75) is 71.1 Å². The molecular weight excluding hydrogens is 390 g/mol. The normalized spacial score (nSPS) is 19.5. The molecule has 1 aromatic rings. The molecule has 3 rings (SSSR count). The molecule has 2 fully saturated rings. The molecule has 1 aromatic carbocycles. The lowest BCUT2D eigenvalue weighted by molar-refractivity contribution is -0.0390. The standard InChI is InChI=1S/C25H41N3O3/c1-3-29-16-13-25(11-4-5-12-25)20-28-24(26-2)27-18-21-7-6-8-22(17-21)19-31-23-9-14-30-15-10-23/h6-8,17,23H,3-5,9-16,18-20H2,1-2H3,(H2,26,27,28). The lowest BCUT2D eigenvalue weighted by atomic mass is 9.83. The van der Waals surface area contributed by atoms with Gasteiger partial charge in [0, 0.05) is 46.6 Å². The van der Waals surface area contributed by atoms with Crippen LogP contribution in [0.4, 0.5) is 0 Å². The third kappa shape index (κ3) is 8.09. The summed E-state index contributed by atoms with van der Waals surface area (Å²) < 4.78 is 17.1. The van der Waals surface area contributed by atoms with Crippen molar-refractivity contribution in [2.75, 3.05) is 40.0 Å². The Hall–Kier alpha value is -1.63. The largest absolute Gasteiger partial charge is 0.382 e. The zero-order chi connectivity index (χ0) is 21.8. The van der Waals surface area contributed by atoms with Crippen LogP contribution in [0.25, 0.3) is 0 Å². The van der Waals surface area contributed by atoms with Crippen LogP contribution in [0, 0.1) is 5.41 Å². The zero-order valence-electron chi connectivity index (χ0n) is 19.5. The van der Waals surface area contributed by atoms with E-state index in [9.17, 15) is 0 Å². The quantitative estimate of drug-likeness (QED) is 0.315. The first-order valence-corrected chi connectivity index (χ1v) is 12.0. The summed E-state index contributed by atoms with van der Waals surface area (Å²) >= 11 is 0. The monoisotopic (exact) mass is 431 g/mol. The molecular formula is C25H41N3O3. The molecule has 0 amide bonds. The van der Waals surface area contributed by atoms with Gasteiger partial charge in [0.1, 0.15) is 0 Å². The maximum atomic E-state index is 6.07. The predicted octanol–water partition coefficient (Wildman–Crippen LogP) is 4.03. The van der Waals surface area contributed by atoms with Gasteiger partial charge >= 0.3 is 0 Å². The van der Waals surface area contributed by atoms with Crippen molar-refractivity contribution in [3.8, 4) is 0 Å². The summed E-state index contributed by atoms with van der Waals surface area (Å²) in [5.41, 5.74) is 2.80. The van der Waals surface area contributed by atoms with Crippen LogP contribution in [0.2, 0.25) is 0 Å². The van der Waals surface area contributed by atoms with Crippen LogP contribution >= 0.6 is 0 Å². The zero-order valence-corrected chi connectivity index (χ0v) is 19.5. The smallest absolute Gasteiger partial charge is 0.191 e. The van der Waals surface area contributed by atoms with E-state index in [-0.39, 0.29) is 0 Å². The molecule has 0 atom stereocenters. The van der Waals surface area contributed by atoms with Crippen molar-refractivity contribution < 1.29 is 14.2 Å². The second kappa shape index (κ2) is 13.0. The highest BCUT2D eigenvalue weighted by Gasteiger charge is 2.33. The van der Waals surface area contributed by atoms with E-state index in [0.717, 1.165) is 64.7 Å². The van der Waals surface area contributed by atoms with Crippen LogP contribution in [0.15, 0.2) is 29.3 Å². The Bertz CT molecular complexity index is 668. The molecule has 0 bridgehead atoms. The lowest BCUT2D eigenvalue weighted by Gasteiger charge is -2.30. The van der Waals surface area contributed by atoms with Crippen LogP contribution in [0.3, 0.4) is 0 Å². The second-order valence-corrected chi connectivity index (χ2v) is 8.88. The third-order valence-electron chi connectivity index (χ3n) is 6.60. The molecule has 2 N–H and O–H groups in total. The van der Waals surface area contributed by atoms with Crippen LogP contribution < -0.4 is 10.6 Å². The molecule has 6 nitrogen and oxygen atoms in total. The van der Waals surface area contributed by atoms with Crippen LogP contribution in [0.5, 0.6) is 0 Å². The average Bonchev–Trinajstić information content (AvgIpc) is 3.28. The van der Waals surface area contributed by atoms with E-state index in [2.05, 4.69) is 46.8 Å². The first kappa shape index (κ1) is 24.0. The Labute approximate surface area is 188 Å². The van der Waals surface area contributed by atoms with Gasteiger partial charge in [-0.05, 0) is 55.6 Å². The van der Waals surface area contributed by atoms with Gasteiger partial charge < -0.3 is 24.8 Å². The van der Waals surface area contributed by atoms with E-state index in [1.807, 2.05) is 7.05 Å². The summed E-state index contributed by atoms with van der Waals surface area (Å²) in [5.74, 6) is 0.867. The minimum Gasteiger partial charge on any atom is -0.382 e. The molecule has 1 saturated heterocycles. The first-order chi connectivity index (χ1) is 15.2. The van der Waals surface area contributed by atoms with E-state index in [0.29, 0.717) is 18.1 Å². The number of hydrogen-bond donors (Lipinski definition) is 2. The topological polar surface area (TPSA) is 64.1 Å². The molecule has 31 heavy (non-hydrogen) atoms. The Morgan fingerprint density at radius 3 is 2.68 bits per heavy atom. The van der Waals surface area contributed by atoms with Gasteiger partial charge in [-0.1, -0.05) is 37.1 Å². The van der Waals surface area contributed by atoms with Crippen molar-refractivity contribution in [3.63, 3.8) is 0 Å². The third-order valence-corrected chi connectivity index (χ3v) is 6.60. The number of benzene rings is 1. The summed E-state index contributed by atoms with van der Waals surface area (Å²) in [5, 5.41) is 7.06. The van der Waals surface area contributed by atoms with Gasteiger partial charge in [-0.2, -0.15) is 0 Å². The van der Waals surface area contributed by atoms with Crippen LogP contribution in [0.1, 0.15) is 63.0 Å². The molecule has 0 unspecified atom stereocenters. The fourth-order valence-electron chi connectivity index (χ4n) is 4.64. The van der Waals surface area contributed by atoms with Crippen LogP contribution in [-0.2, 0) is 27.4 Å². The van der Waals surface area contributed by atoms with Gasteiger partial charge in [-0.25, -0.2) is 0 Å². The second-order valence-electron chi connectivity index (χ2n) is 8.88. The molecule has 6 heteroatoms. The van der Waals surface area contributed by atoms with Crippen molar-refractivity contribution in [1.29, 1.82) is 0 Å². The molecule has 0 aromatic heterocycles. The summed E-state index contributed by atoms with van der Waals surface area (Å²) in [6.45, 7) is 7.71. The molecule has 174 valence electrons. The van der Waals surface area contributed by atoms with E-state index in [4.69, 9.17) is 14.2 Å². The molecule has 1 heterocycles. The van der Waals surface area contributed by atoms with Crippen molar-refractivity contribution >= 4 is 5.96 Å². The van der Waals surface area contributed by atoms with Crippen molar-refractivity contribution in [2.24, 2.45) is 10.4 Å². The molecule has 2 aliphatic rings. The minimum absolute atomic E-state index is 0.323. The van der Waals surface area contributed by atoms with Crippen LogP contribution in [-0.4, -0.2) is 52.1 Å². The molecule has 1 aliphatic carbocycles. The van der Waals surface area contributed by atoms with Gasteiger partial charge in [0.05, 0.1) is 12.7 Å². The number of nitrogens with one attached hydrogen (secondary N) is 2. The Kier molecular flexibility index (Phi) is 10.1. The Balaban J connectivity index is 1.44. The number of hydrogen-bond acceptors (Lipinski definition) is 4. The van der Waals surface area contributed by atoms with Gasteiger partial charge in [-0.15, -0.1) is 0 Å². The van der Waals surface area contributed by atoms with Crippen molar-refractivity contribution in [3.05, 3.63) is 35.4 Å². The summed E-state index contributed by atoms with van der Waals surface area (Å²) in [6, 6.07) is 8.62. The maximum absolute atomic E-state index is 6.07. The number of guanidine groups is 1.